The Morgan fingerprint density at radius 2 is 1.84 bits per heavy atom. The summed E-state index contributed by atoms with van der Waals surface area (Å²) in [6, 6.07) is 11.7. The zero-order chi connectivity index (χ0) is 13.4. The number of furan rings is 1. The second kappa shape index (κ2) is 4.52. The Bertz CT molecular complexity index is 730. The lowest BCUT2D eigenvalue weighted by Crippen LogP contribution is -2.12. The van der Waals surface area contributed by atoms with Gasteiger partial charge in [0.05, 0.1) is 5.69 Å². The van der Waals surface area contributed by atoms with Crippen molar-refractivity contribution in [3.63, 3.8) is 0 Å². The maximum absolute atomic E-state index is 6.23. The summed E-state index contributed by atoms with van der Waals surface area (Å²) in [7, 11) is 0. The normalized spacial score (nSPS) is 12.8. The monoisotopic (exact) mass is 252 g/mol. The highest BCUT2D eigenvalue weighted by molar-refractivity contribution is 5.78. The minimum Gasteiger partial charge on any atom is -0.459 e. The van der Waals surface area contributed by atoms with E-state index in [1.165, 1.54) is 5.56 Å². The van der Waals surface area contributed by atoms with Crippen LogP contribution in [0.15, 0.2) is 47.0 Å². The Labute approximate surface area is 112 Å². The van der Waals surface area contributed by atoms with Crippen LogP contribution < -0.4 is 5.73 Å². The van der Waals surface area contributed by atoms with E-state index in [1.54, 1.807) is 6.20 Å². The number of pyridine rings is 1. The van der Waals surface area contributed by atoms with Gasteiger partial charge in [-0.3, -0.25) is 4.98 Å². The molecule has 2 heterocycles. The van der Waals surface area contributed by atoms with E-state index in [1.807, 2.05) is 37.3 Å². The second-order valence-corrected chi connectivity index (χ2v) is 4.93. The van der Waals surface area contributed by atoms with Gasteiger partial charge >= 0.3 is 0 Å². The largest absolute Gasteiger partial charge is 0.459 e. The minimum atomic E-state index is -0.326. The molecule has 0 amide bonds. The van der Waals surface area contributed by atoms with E-state index in [2.05, 4.69) is 18.0 Å². The molecule has 0 bridgehead atoms. The quantitative estimate of drug-likeness (QED) is 0.759. The lowest BCUT2D eigenvalue weighted by Gasteiger charge is -2.08. The molecule has 19 heavy (non-hydrogen) atoms. The van der Waals surface area contributed by atoms with Crippen molar-refractivity contribution in [2.75, 3.05) is 0 Å². The summed E-state index contributed by atoms with van der Waals surface area (Å²) in [5, 5.41) is 1.08. The summed E-state index contributed by atoms with van der Waals surface area (Å²) in [4.78, 5) is 4.32. The summed E-state index contributed by atoms with van der Waals surface area (Å²) in [6.07, 6.45) is 1.78. The fraction of sp³-hybridized carbons (Fsp3) is 0.188. The van der Waals surface area contributed by atoms with Crippen molar-refractivity contribution in [1.82, 2.24) is 4.98 Å². The average molecular weight is 252 g/mol. The van der Waals surface area contributed by atoms with Crippen LogP contribution in [0.4, 0.5) is 0 Å². The molecule has 1 atom stereocenters. The number of benzene rings is 1. The van der Waals surface area contributed by atoms with Crippen LogP contribution in [0.25, 0.3) is 11.0 Å². The van der Waals surface area contributed by atoms with Gasteiger partial charge in [0, 0.05) is 11.6 Å². The Kier molecular flexibility index (Phi) is 2.84. The minimum absolute atomic E-state index is 0.326. The molecule has 0 fully saturated rings. The predicted molar refractivity (Wildman–Crippen MR) is 76.0 cm³/mol. The molecule has 1 unspecified atom stereocenters. The zero-order valence-corrected chi connectivity index (χ0v) is 11.1. The van der Waals surface area contributed by atoms with E-state index < -0.39 is 0 Å². The Hall–Kier alpha value is -2.13. The van der Waals surface area contributed by atoms with Gasteiger partial charge in [-0.25, -0.2) is 0 Å². The van der Waals surface area contributed by atoms with E-state index in [0.29, 0.717) is 0 Å². The first kappa shape index (κ1) is 11.9. The van der Waals surface area contributed by atoms with Gasteiger partial charge in [-0.1, -0.05) is 11.6 Å². The first-order valence-corrected chi connectivity index (χ1v) is 6.32. The van der Waals surface area contributed by atoms with Crippen molar-refractivity contribution >= 4 is 11.0 Å². The molecule has 1 aromatic carbocycles. The van der Waals surface area contributed by atoms with Gasteiger partial charge in [0.2, 0.25) is 0 Å². The summed E-state index contributed by atoms with van der Waals surface area (Å²) < 4.78 is 5.81. The van der Waals surface area contributed by atoms with E-state index in [-0.39, 0.29) is 6.04 Å². The van der Waals surface area contributed by atoms with E-state index in [9.17, 15) is 0 Å². The number of aromatic nitrogens is 1. The van der Waals surface area contributed by atoms with E-state index >= 15 is 0 Å². The van der Waals surface area contributed by atoms with Crippen molar-refractivity contribution in [3.05, 3.63) is 65.2 Å². The molecule has 0 saturated heterocycles. The van der Waals surface area contributed by atoms with Crippen LogP contribution in [0.2, 0.25) is 0 Å². The molecule has 0 spiro atoms. The molecule has 0 radical (unpaired) electrons. The van der Waals surface area contributed by atoms with E-state index in [4.69, 9.17) is 10.2 Å². The fourth-order valence-corrected chi connectivity index (χ4v) is 2.21. The Morgan fingerprint density at radius 3 is 2.63 bits per heavy atom. The molecule has 0 aliphatic carbocycles. The molecule has 3 heteroatoms. The SMILES string of the molecule is Cc1ccnc(C(N)c2cc3cc(C)ccc3o2)c1. The molecule has 2 N–H and O–H groups in total. The van der Waals surface area contributed by atoms with Crippen molar-refractivity contribution < 1.29 is 4.42 Å². The standard InChI is InChI=1S/C16H16N2O/c1-10-3-4-14-12(7-10)9-15(19-14)16(17)13-8-11(2)5-6-18-13/h3-9,16H,17H2,1-2H3. The topological polar surface area (TPSA) is 52.0 Å². The molecule has 3 nitrogen and oxygen atoms in total. The smallest absolute Gasteiger partial charge is 0.134 e. The Balaban J connectivity index is 2.04. The molecule has 96 valence electrons. The van der Waals surface area contributed by atoms with Gasteiger partial charge in [-0.15, -0.1) is 0 Å². The van der Waals surface area contributed by atoms with Crippen LogP contribution in [0, 0.1) is 13.8 Å². The maximum atomic E-state index is 6.23. The highest BCUT2D eigenvalue weighted by Crippen LogP contribution is 2.26. The van der Waals surface area contributed by atoms with Crippen LogP contribution >= 0.6 is 0 Å². The number of nitrogens with zero attached hydrogens (tertiary/aromatic N) is 1. The Morgan fingerprint density at radius 1 is 1.05 bits per heavy atom. The zero-order valence-electron chi connectivity index (χ0n) is 11.1. The third-order valence-corrected chi connectivity index (χ3v) is 3.25. The number of aryl methyl sites for hydroxylation is 2. The van der Waals surface area contributed by atoms with Crippen LogP contribution in [0.3, 0.4) is 0 Å². The van der Waals surface area contributed by atoms with Crippen molar-refractivity contribution in [2.45, 2.75) is 19.9 Å². The van der Waals surface area contributed by atoms with Gasteiger partial charge in [0.15, 0.2) is 0 Å². The highest BCUT2D eigenvalue weighted by atomic mass is 16.3. The maximum Gasteiger partial charge on any atom is 0.134 e. The first-order chi connectivity index (χ1) is 9.13. The summed E-state index contributed by atoms with van der Waals surface area (Å²) in [5.41, 5.74) is 10.3. The molecule has 3 rings (SSSR count). The van der Waals surface area contributed by atoms with Crippen LogP contribution in [-0.2, 0) is 0 Å². The second-order valence-electron chi connectivity index (χ2n) is 4.93. The highest BCUT2D eigenvalue weighted by Gasteiger charge is 2.15. The molecular weight excluding hydrogens is 236 g/mol. The number of fused-ring (bicyclic) bond motifs is 1. The molecule has 0 aliphatic heterocycles. The van der Waals surface area contributed by atoms with Crippen LogP contribution in [-0.4, -0.2) is 4.98 Å². The molecule has 0 aliphatic rings. The third-order valence-electron chi connectivity index (χ3n) is 3.25. The average Bonchev–Trinajstić information content (AvgIpc) is 2.80. The fourth-order valence-electron chi connectivity index (χ4n) is 2.21. The summed E-state index contributed by atoms with van der Waals surface area (Å²) >= 11 is 0. The summed E-state index contributed by atoms with van der Waals surface area (Å²) in [6.45, 7) is 4.09. The number of nitrogens with two attached hydrogens (primary N) is 1. The van der Waals surface area contributed by atoms with Crippen molar-refractivity contribution in [1.29, 1.82) is 0 Å². The first-order valence-electron chi connectivity index (χ1n) is 6.32. The molecule has 0 saturated carbocycles. The number of rotatable bonds is 2. The molecule has 2 aromatic heterocycles. The van der Waals surface area contributed by atoms with Crippen LogP contribution in [0.1, 0.15) is 28.6 Å². The van der Waals surface area contributed by atoms with Gasteiger partial charge in [-0.2, -0.15) is 0 Å². The third kappa shape index (κ3) is 2.25. The van der Waals surface area contributed by atoms with Gasteiger partial charge in [0.1, 0.15) is 17.4 Å². The van der Waals surface area contributed by atoms with Gasteiger partial charge in [0.25, 0.3) is 0 Å². The summed E-state index contributed by atoms with van der Waals surface area (Å²) in [5.74, 6) is 0.749. The predicted octanol–water partition coefficient (Wildman–Crippen LogP) is 3.49. The van der Waals surface area contributed by atoms with Crippen LogP contribution in [0.5, 0.6) is 0 Å². The van der Waals surface area contributed by atoms with Gasteiger partial charge < -0.3 is 10.2 Å². The number of hydrogen-bond acceptors (Lipinski definition) is 3. The van der Waals surface area contributed by atoms with E-state index in [0.717, 1.165) is 28.0 Å². The lowest BCUT2D eigenvalue weighted by molar-refractivity contribution is 0.520. The number of hydrogen-bond donors (Lipinski definition) is 1. The van der Waals surface area contributed by atoms with Crippen molar-refractivity contribution in [3.8, 4) is 0 Å². The lowest BCUT2D eigenvalue weighted by atomic mass is 10.1. The van der Waals surface area contributed by atoms with Gasteiger partial charge in [-0.05, 0) is 49.7 Å². The van der Waals surface area contributed by atoms with Crippen molar-refractivity contribution in [2.24, 2.45) is 5.73 Å². The molecular formula is C16H16N2O. The molecule has 3 aromatic rings.